The first kappa shape index (κ1) is 23.5. The number of aryl methyl sites for hydroxylation is 2. The van der Waals surface area contributed by atoms with Crippen molar-refractivity contribution >= 4 is 39.0 Å². The number of thiophene rings is 1. The molecule has 0 aliphatic carbocycles. The third-order valence-electron chi connectivity index (χ3n) is 5.24. The lowest BCUT2D eigenvalue weighted by Gasteiger charge is -2.36. The second-order valence-corrected chi connectivity index (χ2v) is 11.0. The number of piperidine rings is 1. The number of anilines is 2. The van der Waals surface area contributed by atoms with E-state index in [1.54, 1.807) is 11.3 Å². The Labute approximate surface area is 186 Å². The number of carbonyl (C=O) groups is 1. The smallest absolute Gasteiger partial charge is 0.306 e. The molecule has 3 heterocycles. The van der Waals surface area contributed by atoms with Crippen molar-refractivity contribution in [1.29, 1.82) is 0 Å². The Bertz CT molecular complexity index is 1040. The summed E-state index contributed by atoms with van der Waals surface area (Å²) >= 11 is 1.55. The maximum absolute atomic E-state index is 14.7. The Hall–Kier alpha value is -2.18. The number of nitrogens with zero attached hydrogens (tertiary/aromatic N) is 4. The van der Waals surface area contributed by atoms with E-state index in [0.29, 0.717) is 31.6 Å². The second-order valence-electron chi connectivity index (χ2n) is 8.13. The quantitative estimate of drug-likeness (QED) is 0.673. The molecule has 3 rings (SSSR count). The Morgan fingerprint density at radius 3 is 2.52 bits per heavy atom. The average molecular weight is 473 g/mol. The zero-order valence-corrected chi connectivity index (χ0v) is 20.0. The van der Waals surface area contributed by atoms with Gasteiger partial charge in [-0.3, -0.25) is 0 Å². The van der Waals surface area contributed by atoms with Gasteiger partial charge in [-0.1, -0.05) is 13.8 Å². The van der Waals surface area contributed by atoms with Gasteiger partial charge in [-0.15, -0.1) is 11.3 Å². The first-order valence-corrected chi connectivity index (χ1v) is 12.3. The van der Waals surface area contributed by atoms with Crippen LogP contribution in [0.25, 0.3) is 0 Å². The van der Waals surface area contributed by atoms with Crippen molar-refractivity contribution in [3.63, 3.8) is 0 Å². The van der Waals surface area contributed by atoms with E-state index < -0.39 is 28.2 Å². The highest BCUT2D eigenvalue weighted by Gasteiger charge is 2.36. The summed E-state index contributed by atoms with van der Waals surface area (Å²) in [5.74, 6) is -0.605. The summed E-state index contributed by atoms with van der Waals surface area (Å²) in [5.41, 5.74) is 0.398. The fraction of sp³-hybridized carbons (Fsp3) is 0.579. The van der Waals surface area contributed by atoms with Crippen LogP contribution in [0, 0.1) is 12.9 Å². The molecule has 172 valence electrons. The number of nitrogens with one attached hydrogen (secondary N) is 2. The van der Waals surface area contributed by atoms with E-state index in [-0.39, 0.29) is 11.6 Å². The van der Waals surface area contributed by atoms with Crippen LogP contribution in [0.2, 0.25) is 0 Å². The third kappa shape index (κ3) is 5.18. The van der Waals surface area contributed by atoms with E-state index in [1.165, 1.54) is 13.2 Å². The number of hydrogen-bond acceptors (Lipinski definition) is 6. The van der Waals surface area contributed by atoms with Gasteiger partial charge in [0.05, 0.1) is 11.9 Å². The molecule has 1 fully saturated rings. The van der Waals surface area contributed by atoms with Crippen LogP contribution in [0.4, 0.5) is 20.6 Å². The standard InChI is InChI=1S/C19H29FN6O3S2/c1-12(2)17-15(10-13(3)30-17)22-19(27)23-31(28,29)26(14-6-8-24(4)9-7-14)16-11-21-25(5)18(16)20/h10-12,14H,6-9H2,1-5H3,(H2,22,23,27). The summed E-state index contributed by atoms with van der Waals surface area (Å²) in [6.45, 7) is 7.24. The fourth-order valence-electron chi connectivity index (χ4n) is 3.68. The molecule has 1 aliphatic heterocycles. The van der Waals surface area contributed by atoms with Crippen molar-refractivity contribution in [3.05, 3.63) is 28.0 Å². The molecule has 0 aromatic carbocycles. The van der Waals surface area contributed by atoms with Crippen molar-refractivity contribution in [2.24, 2.45) is 7.05 Å². The fourth-order valence-corrected chi connectivity index (χ4v) is 6.03. The van der Waals surface area contributed by atoms with E-state index >= 15 is 0 Å². The minimum atomic E-state index is -4.38. The molecule has 1 aliphatic rings. The number of hydrogen-bond donors (Lipinski definition) is 2. The van der Waals surface area contributed by atoms with E-state index in [4.69, 9.17) is 0 Å². The van der Waals surface area contributed by atoms with Crippen LogP contribution >= 0.6 is 11.3 Å². The van der Waals surface area contributed by atoms with Crippen LogP contribution in [-0.4, -0.2) is 55.3 Å². The van der Waals surface area contributed by atoms with Crippen LogP contribution in [-0.2, 0) is 17.3 Å². The summed E-state index contributed by atoms with van der Waals surface area (Å²) in [6.07, 6.45) is 2.19. The zero-order chi connectivity index (χ0) is 22.9. The number of amides is 2. The molecule has 0 unspecified atom stereocenters. The Morgan fingerprint density at radius 1 is 1.32 bits per heavy atom. The third-order valence-corrected chi connectivity index (χ3v) is 8.05. The van der Waals surface area contributed by atoms with E-state index in [2.05, 4.69) is 20.0 Å². The van der Waals surface area contributed by atoms with Crippen LogP contribution in [0.15, 0.2) is 12.3 Å². The van der Waals surface area contributed by atoms with Gasteiger partial charge in [-0.2, -0.15) is 17.9 Å². The van der Waals surface area contributed by atoms with Crippen LogP contribution < -0.4 is 14.3 Å². The molecule has 31 heavy (non-hydrogen) atoms. The first-order valence-electron chi connectivity index (χ1n) is 10.1. The van der Waals surface area contributed by atoms with Gasteiger partial charge < -0.3 is 10.2 Å². The van der Waals surface area contributed by atoms with E-state index in [0.717, 1.165) is 18.7 Å². The number of aromatic nitrogens is 2. The molecule has 2 aromatic heterocycles. The Morgan fingerprint density at radius 2 is 1.97 bits per heavy atom. The van der Waals surface area contributed by atoms with Gasteiger partial charge in [0.1, 0.15) is 5.69 Å². The summed E-state index contributed by atoms with van der Waals surface area (Å²) in [5, 5.41) is 6.48. The number of urea groups is 1. The predicted octanol–water partition coefficient (Wildman–Crippen LogP) is 3.02. The van der Waals surface area contributed by atoms with E-state index in [1.807, 2.05) is 33.9 Å². The van der Waals surface area contributed by atoms with Gasteiger partial charge in [-0.25, -0.2) is 18.5 Å². The molecule has 2 amide bonds. The van der Waals surface area contributed by atoms with Crippen molar-refractivity contribution in [2.75, 3.05) is 29.8 Å². The van der Waals surface area contributed by atoms with Gasteiger partial charge in [0.2, 0.25) is 5.95 Å². The maximum atomic E-state index is 14.7. The zero-order valence-electron chi connectivity index (χ0n) is 18.3. The lowest BCUT2D eigenvalue weighted by atomic mass is 10.1. The van der Waals surface area contributed by atoms with Gasteiger partial charge in [-0.05, 0) is 51.9 Å². The summed E-state index contributed by atoms with van der Waals surface area (Å²) in [7, 11) is -1.05. The maximum Gasteiger partial charge on any atom is 0.334 e. The van der Waals surface area contributed by atoms with Crippen LogP contribution in [0.3, 0.4) is 0 Å². The average Bonchev–Trinajstić information content (AvgIpc) is 3.19. The predicted molar refractivity (Wildman–Crippen MR) is 120 cm³/mol. The molecule has 2 aromatic rings. The highest BCUT2D eigenvalue weighted by Crippen LogP contribution is 2.33. The summed E-state index contributed by atoms with van der Waals surface area (Å²) < 4.78 is 45.1. The number of carbonyl (C=O) groups excluding carboxylic acids is 1. The molecule has 12 heteroatoms. The van der Waals surface area contributed by atoms with Gasteiger partial charge in [0, 0.05) is 22.8 Å². The Balaban J connectivity index is 1.86. The largest absolute Gasteiger partial charge is 0.334 e. The second kappa shape index (κ2) is 9.13. The number of rotatable bonds is 6. The number of likely N-dealkylation sites (tertiary alicyclic amines) is 1. The van der Waals surface area contributed by atoms with Crippen molar-refractivity contribution < 1.29 is 17.6 Å². The van der Waals surface area contributed by atoms with Crippen molar-refractivity contribution in [3.8, 4) is 0 Å². The van der Waals surface area contributed by atoms with Gasteiger partial charge in [0.15, 0.2) is 0 Å². The molecule has 0 spiro atoms. The highest BCUT2D eigenvalue weighted by molar-refractivity contribution is 7.91. The molecule has 0 bridgehead atoms. The summed E-state index contributed by atoms with van der Waals surface area (Å²) in [6, 6.07) is 0.429. The molecule has 1 saturated heterocycles. The van der Waals surface area contributed by atoms with Gasteiger partial charge >= 0.3 is 16.2 Å². The molecule has 0 radical (unpaired) electrons. The minimum absolute atomic E-state index is 0.172. The SMILES string of the molecule is Cc1cc(NC(=O)NS(=O)(=O)N(c2cnn(C)c2F)C2CCN(C)CC2)c(C(C)C)s1. The van der Waals surface area contributed by atoms with Crippen LogP contribution in [0.5, 0.6) is 0 Å². The topological polar surface area (TPSA) is 99.6 Å². The lowest BCUT2D eigenvalue weighted by Crippen LogP contribution is -2.52. The van der Waals surface area contributed by atoms with Crippen LogP contribution in [0.1, 0.15) is 42.4 Å². The molecule has 0 atom stereocenters. The minimum Gasteiger partial charge on any atom is -0.306 e. The first-order chi connectivity index (χ1) is 14.5. The Kier molecular flexibility index (Phi) is 6.92. The monoisotopic (exact) mass is 472 g/mol. The molecule has 2 N–H and O–H groups in total. The molecule has 0 saturated carbocycles. The van der Waals surface area contributed by atoms with Crippen molar-refractivity contribution in [2.45, 2.75) is 45.6 Å². The van der Waals surface area contributed by atoms with Crippen molar-refractivity contribution in [1.82, 2.24) is 19.4 Å². The lowest BCUT2D eigenvalue weighted by molar-refractivity contribution is 0.253. The molecule has 9 nitrogen and oxygen atoms in total. The molecular formula is C19H29FN6O3S2. The normalized spacial score (nSPS) is 16.0. The summed E-state index contributed by atoms with van der Waals surface area (Å²) in [4.78, 5) is 16.7. The highest BCUT2D eigenvalue weighted by atomic mass is 32.2. The molecular weight excluding hydrogens is 443 g/mol. The van der Waals surface area contributed by atoms with Gasteiger partial charge in [0.25, 0.3) is 0 Å². The number of halogens is 1. The van der Waals surface area contributed by atoms with E-state index in [9.17, 15) is 17.6 Å².